The van der Waals surface area contributed by atoms with Crippen molar-refractivity contribution in [2.75, 3.05) is 31.7 Å². The minimum atomic E-state index is 0.772. The van der Waals surface area contributed by atoms with Crippen LogP contribution in [0.4, 0.5) is 5.13 Å². The summed E-state index contributed by atoms with van der Waals surface area (Å²) in [5.74, 6) is 0. The zero-order valence-corrected chi connectivity index (χ0v) is 9.93. The number of likely N-dealkylation sites (N-methyl/N-ethyl adjacent to an activating group) is 1. The number of ether oxygens (including phenoxy) is 1. The Morgan fingerprint density at radius 3 is 2.86 bits per heavy atom. The van der Waals surface area contributed by atoms with Crippen LogP contribution in [0.25, 0.3) is 0 Å². The van der Waals surface area contributed by atoms with Gasteiger partial charge in [-0.1, -0.05) is 6.92 Å². The average Bonchev–Trinajstić information content (AvgIpc) is 2.66. The predicted octanol–water partition coefficient (Wildman–Crippen LogP) is 2.18. The van der Waals surface area contributed by atoms with Crippen LogP contribution in [-0.4, -0.2) is 31.8 Å². The molecular formula is C10H18N2OS. The lowest BCUT2D eigenvalue weighted by Crippen LogP contribution is -2.22. The Balaban J connectivity index is 2.39. The molecule has 3 nitrogen and oxygen atoms in total. The molecule has 4 heteroatoms. The summed E-state index contributed by atoms with van der Waals surface area (Å²) in [4.78, 5) is 6.63. The average molecular weight is 214 g/mol. The van der Waals surface area contributed by atoms with Gasteiger partial charge in [-0.2, -0.15) is 0 Å². The molecule has 0 fully saturated rings. The molecule has 0 bridgehead atoms. The topological polar surface area (TPSA) is 25.4 Å². The summed E-state index contributed by atoms with van der Waals surface area (Å²) in [5, 5.41) is 3.20. The molecule has 1 aromatic rings. The Morgan fingerprint density at radius 1 is 1.50 bits per heavy atom. The molecule has 1 heterocycles. The Bertz CT molecular complexity index is 262. The van der Waals surface area contributed by atoms with E-state index in [9.17, 15) is 0 Å². The molecule has 0 saturated carbocycles. The van der Waals surface area contributed by atoms with Gasteiger partial charge < -0.3 is 9.64 Å². The minimum absolute atomic E-state index is 0.772. The van der Waals surface area contributed by atoms with Crippen molar-refractivity contribution in [3.05, 3.63) is 11.1 Å². The molecule has 80 valence electrons. The fourth-order valence-corrected chi connectivity index (χ4v) is 1.98. The van der Waals surface area contributed by atoms with Crippen molar-refractivity contribution in [3.8, 4) is 0 Å². The molecule has 0 aliphatic heterocycles. The molecule has 0 N–H and O–H groups in total. The molecule has 14 heavy (non-hydrogen) atoms. The summed E-state index contributed by atoms with van der Waals surface area (Å²) in [6.07, 6.45) is 1.01. The maximum atomic E-state index is 5.29. The second kappa shape index (κ2) is 5.98. The number of anilines is 1. The van der Waals surface area contributed by atoms with Crippen LogP contribution in [0.5, 0.6) is 0 Å². The first kappa shape index (κ1) is 11.5. The van der Waals surface area contributed by atoms with E-state index in [1.807, 2.05) is 6.92 Å². The summed E-state index contributed by atoms with van der Waals surface area (Å²) in [7, 11) is 2.05. The van der Waals surface area contributed by atoms with Crippen molar-refractivity contribution in [2.24, 2.45) is 0 Å². The second-order valence-corrected chi connectivity index (χ2v) is 3.93. The van der Waals surface area contributed by atoms with Crippen LogP contribution >= 0.6 is 11.3 Å². The first-order chi connectivity index (χ1) is 6.77. The summed E-state index contributed by atoms with van der Waals surface area (Å²) in [5.41, 5.74) is 1.17. The van der Waals surface area contributed by atoms with E-state index in [1.54, 1.807) is 11.3 Å². The first-order valence-corrected chi connectivity index (χ1v) is 5.89. The van der Waals surface area contributed by atoms with Gasteiger partial charge in [0, 0.05) is 25.6 Å². The van der Waals surface area contributed by atoms with Crippen molar-refractivity contribution in [3.63, 3.8) is 0 Å². The van der Waals surface area contributed by atoms with Gasteiger partial charge in [-0.3, -0.25) is 0 Å². The second-order valence-electron chi connectivity index (χ2n) is 3.09. The highest BCUT2D eigenvalue weighted by atomic mass is 32.1. The number of rotatable bonds is 6. The van der Waals surface area contributed by atoms with Crippen molar-refractivity contribution in [2.45, 2.75) is 20.3 Å². The lowest BCUT2D eigenvalue weighted by Gasteiger charge is -2.14. The van der Waals surface area contributed by atoms with E-state index in [1.165, 1.54) is 5.69 Å². The van der Waals surface area contributed by atoms with Crippen LogP contribution in [0.2, 0.25) is 0 Å². The van der Waals surface area contributed by atoms with E-state index >= 15 is 0 Å². The van der Waals surface area contributed by atoms with Crippen LogP contribution in [0.1, 0.15) is 19.5 Å². The van der Waals surface area contributed by atoms with Crippen LogP contribution in [0, 0.1) is 0 Å². The van der Waals surface area contributed by atoms with E-state index in [4.69, 9.17) is 4.74 Å². The highest BCUT2D eigenvalue weighted by Gasteiger charge is 2.05. The summed E-state index contributed by atoms with van der Waals surface area (Å²) in [6.45, 7) is 6.60. The lowest BCUT2D eigenvalue weighted by molar-refractivity contribution is 0.154. The lowest BCUT2D eigenvalue weighted by atomic mass is 10.4. The molecular weight excluding hydrogens is 196 g/mol. The van der Waals surface area contributed by atoms with Crippen molar-refractivity contribution in [1.29, 1.82) is 0 Å². The fourth-order valence-electron chi connectivity index (χ4n) is 1.08. The van der Waals surface area contributed by atoms with E-state index < -0.39 is 0 Å². The molecule has 0 amide bonds. The van der Waals surface area contributed by atoms with Gasteiger partial charge in [0.15, 0.2) is 5.13 Å². The Labute approximate surface area is 89.7 Å². The molecule has 0 aliphatic rings. The van der Waals surface area contributed by atoms with E-state index in [0.717, 1.165) is 31.3 Å². The third kappa shape index (κ3) is 3.27. The molecule has 0 unspecified atom stereocenters. The number of hydrogen-bond donors (Lipinski definition) is 0. The Morgan fingerprint density at radius 2 is 2.29 bits per heavy atom. The van der Waals surface area contributed by atoms with Crippen molar-refractivity contribution < 1.29 is 4.74 Å². The van der Waals surface area contributed by atoms with Crippen molar-refractivity contribution >= 4 is 16.5 Å². The molecule has 0 radical (unpaired) electrons. The van der Waals surface area contributed by atoms with Gasteiger partial charge >= 0.3 is 0 Å². The van der Waals surface area contributed by atoms with Crippen LogP contribution in [0.3, 0.4) is 0 Å². The molecule has 0 aliphatic carbocycles. The molecule has 1 aromatic heterocycles. The van der Waals surface area contributed by atoms with Gasteiger partial charge in [0.05, 0.1) is 12.3 Å². The number of aryl methyl sites for hydroxylation is 1. The van der Waals surface area contributed by atoms with Crippen LogP contribution in [-0.2, 0) is 11.2 Å². The number of hydrogen-bond acceptors (Lipinski definition) is 4. The van der Waals surface area contributed by atoms with Gasteiger partial charge in [0.1, 0.15) is 0 Å². The molecule has 0 atom stereocenters. The maximum Gasteiger partial charge on any atom is 0.185 e. The predicted molar refractivity (Wildman–Crippen MR) is 61.3 cm³/mol. The number of nitrogens with zero attached hydrogens (tertiary/aromatic N) is 2. The summed E-state index contributed by atoms with van der Waals surface area (Å²) < 4.78 is 5.29. The summed E-state index contributed by atoms with van der Waals surface area (Å²) in [6, 6.07) is 0. The highest BCUT2D eigenvalue weighted by Crippen LogP contribution is 2.18. The van der Waals surface area contributed by atoms with Crippen molar-refractivity contribution in [1.82, 2.24) is 4.98 Å². The van der Waals surface area contributed by atoms with Crippen LogP contribution in [0.15, 0.2) is 5.38 Å². The van der Waals surface area contributed by atoms with Gasteiger partial charge in [0.2, 0.25) is 0 Å². The third-order valence-electron chi connectivity index (χ3n) is 2.00. The van der Waals surface area contributed by atoms with E-state index in [0.29, 0.717) is 0 Å². The SMILES string of the molecule is CCOCCN(C)c1nc(CC)cs1. The standard InChI is InChI=1S/C10H18N2OS/c1-4-9-8-14-10(11-9)12(3)6-7-13-5-2/h8H,4-7H2,1-3H3. The quantitative estimate of drug-likeness (QED) is 0.679. The first-order valence-electron chi connectivity index (χ1n) is 5.01. The minimum Gasteiger partial charge on any atom is -0.380 e. The zero-order valence-electron chi connectivity index (χ0n) is 9.12. The molecule has 0 spiro atoms. The fraction of sp³-hybridized carbons (Fsp3) is 0.700. The smallest absolute Gasteiger partial charge is 0.185 e. The van der Waals surface area contributed by atoms with E-state index in [-0.39, 0.29) is 0 Å². The molecule has 0 saturated heterocycles. The summed E-state index contributed by atoms with van der Waals surface area (Å²) >= 11 is 1.70. The van der Waals surface area contributed by atoms with E-state index in [2.05, 4.69) is 29.2 Å². The van der Waals surface area contributed by atoms with Gasteiger partial charge in [-0.05, 0) is 13.3 Å². The largest absolute Gasteiger partial charge is 0.380 e. The van der Waals surface area contributed by atoms with Crippen LogP contribution < -0.4 is 4.90 Å². The Hall–Kier alpha value is -0.610. The zero-order chi connectivity index (χ0) is 10.4. The molecule has 0 aromatic carbocycles. The number of aromatic nitrogens is 1. The van der Waals surface area contributed by atoms with Gasteiger partial charge in [-0.15, -0.1) is 11.3 Å². The maximum absolute atomic E-state index is 5.29. The molecule has 1 rings (SSSR count). The third-order valence-corrected chi connectivity index (χ3v) is 3.01. The number of thiazole rings is 1. The normalized spacial score (nSPS) is 10.5. The van der Waals surface area contributed by atoms with Gasteiger partial charge in [0.25, 0.3) is 0 Å². The Kier molecular flexibility index (Phi) is 4.90. The highest BCUT2D eigenvalue weighted by molar-refractivity contribution is 7.13. The van der Waals surface area contributed by atoms with Gasteiger partial charge in [-0.25, -0.2) is 4.98 Å². The monoisotopic (exact) mass is 214 g/mol.